The Morgan fingerprint density at radius 2 is 1.84 bits per heavy atom. The largest absolute Gasteiger partial charge is 0.354 e. The maximum absolute atomic E-state index is 13.5. The Kier molecular flexibility index (Phi) is 6.08. The fraction of sp³-hybridized carbons (Fsp3) is 0.261. The molecule has 2 heterocycles. The van der Waals surface area contributed by atoms with Crippen LogP contribution in [0, 0.1) is 23.2 Å². The van der Waals surface area contributed by atoms with Gasteiger partial charge in [-0.3, -0.25) is 9.89 Å². The van der Waals surface area contributed by atoms with E-state index >= 15 is 0 Å². The number of carbonyl (C=O) groups is 1. The molecule has 1 amide bonds. The van der Waals surface area contributed by atoms with Crippen LogP contribution in [0.15, 0.2) is 48.5 Å². The Labute approximate surface area is 184 Å². The number of hydrogen-bond donors (Lipinski definition) is 2. The fourth-order valence-corrected chi connectivity index (χ4v) is 4.33. The summed E-state index contributed by atoms with van der Waals surface area (Å²) in [5, 5.41) is 10.7. The lowest BCUT2D eigenvalue weighted by Crippen LogP contribution is -2.38. The van der Waals surface area contributed by atoms with E-state index in [9.17, 15) is 13.6 Å². The fourth-order valence-electron chi connectivity index (χ4n) is 4.17. The van der Waals surface area contributed by atoms with Crippen LogP contribution in [-0.2, 0) is 4.79 Å². The van der Waals surface area contributed by atoms with Crippen molar-refractivity contribution < 1.29 is 13.6 Å². The molecule has 0 saturated carbocycles. The van der Waals surface area contributed by atoms with Gasteiger partial charge in [0.15, 0.2) is 0 Å². The summed E-state index contributed by atoms with van der Waals surface area (Å²) in [5.41, 5.74) is 3.90. The van der Waals surface area contributed by atoms with Crippen LogP contribution in [0.5, 0.6) is 0 Å². The number of amides is 1. The van der Waals surface area contributed by atoms with Gasteiger partial charge in [-0.25, -0.2) is 8.78 Å². The Morgan fingerprint density at radius 1 is 1.10 bits per heavy atom. The van der Waals surface area contributed by atoms with Gasteiger partial charge in [-0.1, -0.05) is 24.4 Å². The van der Waals surface area contributed by atoms with E-state index in [4.69, 9.17) is 12.2 Å². The molecule has 1 aromatic heterocycles. The lowest BCUT2D eigenvalue weighted by molar-refractivity contribution is -0.119. The normalized spacial score (nSPS) is 18.6. The number of carbonyl (C=O) groups excluding carboxylic acids is 1. The third kappa shape index (κ3) is 4.64. The lowest BCUT2D eigenvalue weighted by atomic mass is 9.78. The number of H-pyrrole nitrogens is 1. The predicted molar refractivity (Wildman–Crippen MR) is 118 cm³/mol. The van der Waals surface area contributed by atoms with Gasteiger partial charge in [-0.2, -0.15) is 5.10 Å². The van der Waals surface area contributed by atoms with Crippen LogP contribution >= 0.6 is 12.2 Å². The first-order valence-corrected chi connectivity index (χ1v) is 10.4. The van der Waals surface area contributed by atoms with Crippen molar-refractivity contribution >= 4 is 30.0 Å². The van der Waals surface area contributed by atoms with Gasteiger partial charge in [-0.15, -0.1) is 0 Å². The maximum atomic E-state index is 13.5. The lowest BCUT2D eigenvalue weighted by Gasteiger charge is -2.37. The molecule has 1 aliphatic heterocycles. The van der Waals surface area contributed by atoms with Gasteiger partial charge in [-0.05, 0) is 66.8 Å². The Hall–Kier alpha value is -3.13. The molecule has 5 nitrogen and oxygen atoms in total. The van der Waals surface area contributed by atoms with E-state index in [2.05, 4.69) is 15.5 Å². The van der Waals surface area contributed by atoms with E-state index in [0.29, 0.717) is 23.4 Å². The molecule has 0 aliphatic carbocycles. The maximum Gasteiger partial charge on any atom is 0.209 e. The molecule has 160 valence electrons. The summed E-state index contributed by atoms with van der Waals surface area (Å²) in [6.07, 6.45) is 1.57. The van der Waals surface area contributed by atoms with Crippen LogP contribution in [0.3, 0.4) is 0 Å². The zero-order chi connectivity index (χ0) is 22.0. The van der Waals surface area contributed by atoms with Crippen molar-refractivity contribution in [2.45, 2.75) is 25.2 Å². The second kappa shape index (κ2) is 8.93. The zero-order valence-electron chi connectivity index (χ0n) is 16.9. The quantitative estimate of drug-likeness (QED) is 0.423. The average molecular weight is 441 g/mol. The zero-order valence-corrected chi connectivity index (χ0v) is 17.8. The number of piperidine rings is 1. The van der Waals surface area contributed by atoms with Crippen molar-refractivity contribution in [3.8, 4) is 0 Å². The topological polar surface area (TPSA) is 61.0 Å². The second-order valence-corrected chi connectivity index (χ2v) is 8.21. The molecular weight excluding hydrogens is 418 g/mol. The first kappa shape index (κ1) is 21.1. The predicted octanol–water partition coefficient (Wildman–Crippen LogP) is 5.20. The number of aromatic amines is 1. The average Bonchev–Trinajstić information content (AvgIpc) is 2.76. The second-order valence-electron chi connectivity index (χ2n) is 7.77. The number of aryl methyl sites for hydroxylation is 1. The van der Waals surface area contributed by atoms with Gasteiger partial charge in [0, 0.05) is 24.7 Å². The number of hydrogen-bond acceptors (Lipinski definition) is 4. The first-order chi connectivity index (χ1) is 14.9. The van der Waals surface area contributed by atoms with E-state index in [1.54, 1.807) is 29.2 Å². The third-order valence-electron chi connectivity index (χ3n) is 5.74. The van der Waals surface area contributed by atoms with Gasteiger partial charge in [0.05, 0.1) is 11.4 Å². The molecule has 3 aromatic rings. The summed E-state index contributed by atoms with van der Waals surface area (Å²) in [6.45, 7) is 2.91. The molecule has 2 aromatic carbocycles. The number of anilines is 2. The van der Waals surface area contributed by atoms with Crippen molar-refractivity contribution in [1.29, 1.82) is 0 Å². The molecule has 2 N–H and O–H groups in total. The minimum Gasteiger partial charge on any atom is -0.354 e. The summed E-state index contributed by atoms with van der Waals surface area (Å²) < 4.78 is 27.5. The van der Waals surface area contributed by atoms with Crippen molar-refractivity contribution in [2.75, 3.05) is 18.4 Å². The Morgan fingerprint density at radius 3 is 2.55 bits per heavy atom. The highest BCUT2D eigenvalue weighted by atomic mass is 32.1. The van der Waals surface area contributed by atoms with Gasteiger partial charge >= 0.3 is 0 Å². The van der Waals surface area contributed by atoms with Gasteiger partial charge in [0.2, 0.25) is 6.41 Å². The highest BCUT2D eigenvalue weighted by molar-refractivity contribution is 7.71. The Balaban J connectivity index is 1.76. The number of halogens is 2. The summed E-state index contributed by atoms with van der Waals surface area (Å²) in [5.74, 6) is -0.693. The molecule has 0 radical (unpaired) electrons. The molecule has 4 rings (SSSR count). The molecule has 1 aliphatic rings. The van der Waals surface area contributed by atoms with E-state index in [0.717, 1.165) is 35.3 Å². The number of likely N-dealkylation sites (tertiary alicyclic amines) is 1. The summed E-state index contributed by atoms with van der Waals surface area (Å²) >= 11 is 5.29. The summed E-state index contributed by atoms with van der Waals surface area (Å²) in [4.78, 5) is 13.2. The first-order valence-electron chi connectivity index (χ1n) is 10.0. The number of benzene rings is 2. The SMILES string of the molecule is Cc1cc(F)ccc1Nc1cc(=S)[nH]nc1C1CN(C=O)CCC1c1ccc(F)cc1. The van der Waals surface area contributed by atoms with Crippen molar-refractivity contribution in [1.82, 2.24) is 15.1 Å². The van der Waals surface area contributed by atoms with Crippen LogP contribution in [0.25, 0.3) is 0 Å². The van der Waals surface area contributed by atoms with Crippen LogP contribution in [0.4, 0.5) is 20.2 Å². The summed E-state index contributed by atoms with van der Waals surface area (Å²) in [7, 11) is 0. The van der Waals surface area contributed by atoms with Gasteiger partial charge in [0.1, 0.15) is 16.3 Å². The van der Waals surface area contributed by atoms with Crippen LogP contribution in [0.1, 0.15) is 35.1 Å². The monoisotopic (exact) mass is 440 g/mol. The van der Waals surface area contributed by atoms with E-state index in [-0.39, 0.29) is 23.5 Å². The van der Waals surface area contributed by atoms with Crippen molar-refractivity contribution in [3.05, 3.63) is 81.6 Å². The molecule has 0 bridgehead atoms. The molecule has 1 saturated heterocycles. The van der Waals surface area contributed by atoms with E-state index < -0.39 is 0 Å². The minimum atomic E-state index is -0.308. The Bertz CT molecular complexity index is 1150. The number of aromatic nitrogens is 2. The molecule has 1 fully saturated rings. The minimum absolute atomic E-state index is 0.0449. The highest BCUT2D eigenvalue weighted by Gasteiger charge is 2.34. The van der Waals surface area contributed by atoms with Crippen LogP contribution < -0.4 is 5.32 Å². The van der Waals surface area contributed by atoms with Gasteiger partial charge < -0.3 is 10.2 Å². The molecule has 0 spiro atoms. The molecule has 2 unspecified atom stereocenters. The number of nitrogens with one attached hydrogen (secondary N) is 2. The summed E-state index contributed by atoms with van der Waals surface area (Å²) in [6, 6.07) is 12.8. The molecule has 2 atom stereocenters. The smallest absolute Gasteiger partial charge is 0.209 e. The number of rotatable bonds is 5. The van der Waals surface area contributed by atoms with Gasteiger partial charge in [0.25, 0.3) is 0 Å². The third-order valence-corrected chi connectivity index (χ3v) is 5.95. The number of nitrogens with zero attached hydrogens (tertiary/aromatic N) is 2. The molecule has 8 heteroatoms. The van der Waals surface area contributed by atoms with Crippen LogP contribution in [-0.4, -0.2) is 34.6 Å². The van der Waals surface area contributed by atoms with Crippen molar-refractivity contribution in [2.24, 2.45) is 0 Å². The van der Waals surface area contributed by atoms with E-state index in [1.165, 1.54) is 24.3 Å². The standard InChI is InChI=1S/C23H22F2N4OS/c1-14-10-17(25)6-7-20(14)26-21-11-22(31)27-28-23(21)19-12-29(13-30)9-8-18(19)15-2-4-16(24)5-3-15/h2-7,10-11,13,18-19H,8-9,12H2,1H3,(H2,26,27,31). The molecular formula is C23H22F2N4OS. The van der Waals surface area contributed by atoms with Crippen LogP contribution in [0.2, 0.25) is 0 Å². The van der Waals surface area contributed by atoms with Crippen molar-refractivity contribution in [3.63, 3.8) is 0 Å². The highest BCUT2D eigenvalue weighted by Crippen LogP contribution is 2.41. The molecule has 31 heavy (non-hydrogen) atoms. The van der Waals surface area contributed by atoms with E-state index in [1.807, 2.05) is 6.92 Å².